The monoisotopic (exact) mass is 392 g/mol. The lowest BCUT2D eigenvalue weighted by Gasteiger charge is -2.32. The van der Waals surface area contributed by atoms with Gasteiger partial charge in [-0.1, -0.05) is 37.1 Å². The number of hydrogen-bond donors (Lipinski definition) is 1. The highest BCUT2D eigenvalue weighted by atomic mass is 16.1. The normalized spacial score (nSPS) is 17.4. The molecule has 29 heavy (non-hydrogen) atoms. The summed E-state index contributed by atoms with van der Waals surface area (Å²) < 4.78 is 0. The number of anilines is 3. The van der Waals surface area contributed by atoms with Crippen molar-refractivity contribution in [3.63, 3.8) is 0 Å². The van der Waals surface area contributed by atoms with E-state index in [2.05, 4.69) is 39.2 Å². The molecule has 0 atom stereocenters. The lowest BCUT2D eigenvalue weighted by Crippen LogP contribution is -2.44. The molecular formula is C24H32N4O. The fraction of sp³-hybridized carbons (Fsp3) is 0.458. The number of hydrogen-bond acceptors (Lipinski definition) is 4. The quantitative estimate of drug-likeness (QED) is 0.717. The van der Waals surface area contributed by atoms with Crippen LogP contribution in [0.4, 0.5) is 17.1 Å². The molecule has 1 saturated heterocycles. The van der Waals surface area contributed by atoms with E-state index in [4.69, 9.17) is 0 Å². The van der Waals surface area contributed by atoms with Gasteiger partial charge in [0.15, 0.2) is 0 Å². The van der Waals surface area contributed by atoms with Crippen LogP contribution in [-0.2, 0) is 0 Å². The number of fused-ring (bicyclic) bond motifs is 2. The average Bonchev–Trinajstić information content (AvgIpc) is 2.86. The minimum Gasteiger partial charge on any atom is -0.339 e. The first-order chi connectivity index (χ1) is 14.2. The van der Waals surface area contributed by atoms with E-state index in [9.17, 15) is 4.79 Å². The van der Waals surface area contributed by atoms with Crippen LogP contribution < -0.4 is 10.2 Å². The lowest BCUT2D eigenvalue weighted by atomic mass is 10.1. The Bertz CT molecular complexity index is 829. The molecule has 2 heterocycles. The molecule has 0 bridgehead atoms. The van der Waals surface area contributed by atoms with Gasteiger partial charge in [-0.25, -0.2) is 0 Å². The Morgan fingerprint density at radius 3 is 2.24 bits per heavy atom. The average molecular weight is 393 g/mol. The molecule has 1 fully saturated rings. The highest BCUT2D eigenvalue weighted by Crippen LogP contribution is 2.37. The first kappa shape index (κ1) is 19.9. The number of para-hydroxylation sites is 3. The number of piperazine rings is 1. The van der Waals surface area contributed by atoms with Crippen molar-refractivity contribution in [2.24, 2.45) is 0 Å². The summed E-state index contributed by atoms with van der Waals surface area (Å²) in [7, 11) is 2.21. The number of rotatable bonds is 7. The van der Waals surface area contributed by atoms with Crippen molar-refractivity contribution in [1.29, 1.82) is 0 Å². The lowest BCUT2D eigenvalue weighted by molar-refractivity contribution is 0.102. The van der Waals surface area contributed by atoms with E-state index in [0.29, 0.717) is 0 Å². The van der Waals surface area contributed by atoms with Crippen LogP contribution in [0.15, 0.2) is 48.5 Å². The van der Waals surface area contributed by atoms with Gasteiger partial charge in [0, 0.05) is 32.7 Å². The largest absolute Gasteiger partial charge is 0.339 e. The molecule has 5 nitrogen and oxygen atoms in total. The van der Waals surface area contributed by atoms with Gasteiger partial charge in [-0.2, -0.15) is 0 Å². The standard InChI is InChI=1S/C24H32N4O/c1-26-16-18-27(19-17-26)14-8-2-3-9-15-28-22-12-6-4-10-20(22)24(29)25-21-11-5-7-13-23(21)28/h4-7,10-13H,2-3,8-9,14-19H2,1H3,(H,25,29). The van der Waals surface area contributed by atoms with Crippen LogP contribution in [0.5, 0.6) is 0 Å². The summed E-state index contributed by atoms with van der Waals surface area (Å²) in [6.07, 6.45) is 4.88. The summed E-state index contributed by atoms with van der Waals surface area (Å²) in [5.41, 5.74) is 3.73. The summed E-state index contributed by atoms with van der Waals surface area (Å²) in [6, 6.07) is 16.0. The van der Waals surface area contributed by atoms with Crippen molar-refractivity contribution in [2.75, 3.05) is 56.5 Å². The number of likely N-dealkylation sites (N-methyl/N-ethyl adjacent to an activating group) is 1. The second-order valence-electron chi connectivity index (χ2n) is 8.20. The molecule has 4 rings (SSSR count). The molecule has 5 heteroatoms. The minimum absolute atomic E-state index is 0.0253. The van der Waals surface area contributed by atoms with Gasteiger partial charge in [0.1, 0.15) is 0 Å². The number of nitrogens with one attached hydrogen (secondary N) is 1. The highest BCUT2D eigenvalue weighted by molar-refractivity contribution is 6.12. The van der Waals surface area contributed by atoms with Gasteiger partial charge in [0.25, 0.3) is 5.91 Å². The van der Waals surface area contributed by atoms with Gasteiger partial charge in [0.2, 0.25) is 0 Å². The fourth-order valence-electron chi connectivity index (χ4n) is 4.31. The first-order valence-corrected chi connectivity index (χ1v) is 10.9. The maximum atomic E-state index is 12.7. The molecule has 2 aliphatic rings. The third kappa shape index (κ3) is 4.80. The van der Waals surface area contributed by atoms with Crippen LogP contribution in [-0.4, -0.2) is 62.0 Å². The zero-order valence-corrected chi connectivity index (χ0v) is 17.4. The Morgan fingerprint density at radius 1 is 0.793 bits per heavy atom. The molecule has 2 aliphatic heterocycles. The van der Waals surface area contributed by atoms with Crippen molar-refractivity contribution in [1.82, 2.24) is 9.80 Å². The Hall–Kier alpha value is -2.37. The van der Waals surface area contributed by atoms with Crippen molar-refractivity contribution in [3.8, 4) is 0 Å². The summed E-state index contributed by atoms with van der Waals surface area (Å²) in [5, 5.41) is 3.07. The molecule has 2 aromatic rings. The molecule has 0 aliphatic carbocycles. The maximum Gasteiger partial charge on any atom is 0.257 e. The highest BCUT2D eigenvalue weighted by Gasteiger charge is 2.24. The van der Waals surface area contributed by atoms with Gasteiger partial charge in [0.05, 0.1) is 22.6 Å². The number of carbonyl (C=O) groups excluding carboxylic acids is 1. The van der Waals surface area contributed by atoms with Crippen molar-refractivity contribution >= 4 is 23.0 Å². The van der Waals surface area contributed by atoms with E-state index in [1.54, 1.807) is 0 Å². The predicted molar refractivity (Wildman–Crippen MR) is 120 cm³/mol. The predicted octanol–water partition coefficient (Wildman–Crippen LogP) is 4.20. The number of nitrogens with zero attached hydrogens (tertiary/aromatic N) is 3. The maximum absolute atomic E-state index is 12.7. The summed E-state index contributed by atoms with van der Waals surface area (Å²) in [4.78, 5) is 20.0. The second kappa shape index (κ2) is 9.42. The van der Waals surface area contributed by atoms with Gasteiger partial charge in [-0.3, -0.25) is 4.79 Å². The van der Waals surface area contributed by atoms with Gasteiger partial charge < -0.3 is 20.0 Å². The van der Waals surface area contributed by atoms with E-state index in [0.717, 1.165) is 35.6 Å². The molecule has 0 aromatic heterocycles. The van der Waals surface area contributed by atoms with E-state index >= 15 is 0 Å². The van der Waals surface area contributed by atoms with Crippen LogP contribution in [0.3, 0.4) is 0 Å². The second-order valence-corrected chi connectivity index (χ2v) is 8.20. The fourth-order valence-corrected chi connectivity index (χ4v) is 4.31. The van der Waals surface area contributed by atoms with Crippen LogP contribution in [0.2, 0.25) is 0 Å². The van der Waals surface area contributed by atoms with E-state index in [-0.39, 0.29) is 5.91 Å². The zero-order valence-electron chi connectivity index (χ0n) is 17.4. The van der Waals surface area contributed by atoms with Crippen LogP contribution in [0, 0.1) is 0 Å². The third-order valence-corrected chi connectivity index (χ3v) is 6.08. The van der Waals surface area contributed by atoms with Crippen molar-refractivity contribution in [3.05, 3.63) is 54.1 Å². The summed E-state index contributed by atoms with van der Waals surface area (Å²) >= 11 is 0. The number of carbonyl (C=O) groups is 1. The van der Waals surface area contributed by atoms with Gasteiger partial charge >= 0.3 is 0 Å². The first-order valence-electron chi connectivity index (χ1n) is 10.9. The van der Waals surface area contributed by atoms with Gasteiger partial charge in [-0.15, -0.1) is 0 Å². The Morgan fingerprint density at radius 2 is 1.45 bits per heavy atom. The zero-order chi connectivity index (χ0) is 20.1. The SMILES string of the molecule is CN1CCN(CCCCCCN2c3ccccc3NC(=O)c3ccccc32)CC1. The Balaban J connectivity index is 1.33. The number of unbranched alkanes of at least 4 members (excludes halogenated alkanes) is 3. The molecule has 2 aromatic carbocycles. The molecular weight excluding hydrogens is 360 g/mol. The van der Waals surface area contributed by atoms with Crippen LogP contribution in [0.25, 0.3) is 0 Å². The topological polar surface area (TPSA) is 38.8 Å². The van der Waals surface area contributed by atoms with Gasteiger partial charge in [-0.05, 0) is 50.7 Å². The number of benzene rings is 2. The molecule has 154 valence electrons. The van der Waals surface area contributed by atoms with Crippen LogP contribution >= 0.6 is 0 Å². The Labute approximate surface area is 174 Å². The third-order valence-electron chi connectivity index (χ3n) is 6.08. The Kier molecular flexibility index (Phi) is 6.47. The molecule has 0 saturated carbocycles. The van der Waals surface area contributed by atoms with E-state index in [1.807, 2.05) is 36.4 Å². The van der Waals surface area contributed by atoms with E-state index in [1.165, 1.54) is 52.0 Å². The number of amides is 1. The molecule has 1 N–H and O–H groups in total. The minimum atomic E-state index is -0.0253. The molecule has 1 amide bonds. The molecule has 0 unspecified atom stereocenters. The van der Waals surface area contributed by atoms with Crippen LogP contribution in [0.1, 0.15) is 36.0 Å². The summed E-state index contributed by atoms with van der Waals surface area (Å²) in [5.74, 6) is -0.0253. The van der Waals surface area contributed by atoms with E-state index < -0.39 is 0 Å². The summed E-state index contributed by atoms with van der Waals surface area (Å²) in [6.45, 7) is 6.96. The molecule has 0 radical (unpaired) electrons. The van der Waals surface area contributed by atoms with Crippen molar-refractivity contribution < 1.29 is 4.79 Å². The molecule has 0 spiro atoms. The van der Waals surface area contributed by atoms with Crippen molar-refractivity contribution in [2.45, 2.75) is 25.7 Å². The smallest absolute Gasteiger partial charge is 0.257 e.